The minimum Gasteiger partial charge on any atom is -0.392 e. The molecule has 0 aromatic heterocycles. The summed E-state index contributed by atoms with van der Waals surface area (Å²) in [5, 5.41) is 33.8. The highest BCUT2D eigenvalue weighted by molar-refractivity contribution is 5.39. The molecule has 5 unspecified atom stereocenters. The number of likely N-dealkylation sites (tertiary alicyclic amines) is 1. The van der Waals surface area contributed by atoms with Gasteiger partial charge in [0.2, 0.25) is 0 Å². The Bertz CT molecular complexity index is 695. The van der Waals surface area contributed by atoms with Crippen LogP contribution in [0.3, 0.4) is 0 Å². The lowest BCUT2D eigenvalue weighted by Crippen LogP contribution is -2.68. The molecule has 6 fully saturated rings. The number of aliphatic hydroxyl groups is 3. The monoisotopic (exact) mass is 359 g/mol. The van der Waals surface area contributed by atoms with Crippen LogP contribution >= 0.6 is 0 Å². The molecule has 0 amide bonds. The molecule has 11 atom stereocenters. The Labute approximate surface area is 156 Å². The molecule has 0 aromatic carbocycles. The standard InChI is InChI=1S/C22H33NO3/c1-4-23-10-20(3)6-5-17(25)22-15(20)7-13(18(22)23)21-9-12(11(2)19(21)26)14(24)8-16(21)22/h12-19,24-26H,2,4-10H2,1,3H3/t12?,13?,14-,15?,16?,17-,18-,19+,20-,21-,22?/m0/s1. The first-order valence-corrected chi connectivity index (χ1v) is 10.8. The normalized spacial score (nSPS) is 65.5. The summed E-state index contributed by atoms with van der Waals surface area (Å²) in [5.41, 5.74) is 0.849. The zero-order chi connectivity index (χ0) is 18.2. The molecule has 4 nitrogen and oxygen atoms in total. The van der Waals surface area contributed by atoms with Crippen molar-refractivity contribution in [2.45, 2.75) is 70.3 Å². The van der Waals surface area contributed by atoms with E-state index < -0.39 is 12.2 Å². The Balaban J connectivity index is 1.61. The van der Waals surface area contributed by atoms with Gasteiger partial charge in [-0.2, -0.15) is 0 Å². The van der Waals surface area contributed by atoms with Gasteiger partial charge in [0, 0.05) is 29.3 Å². The van der Waals surface area contributed by atoms with Gasteiger partial charge >= 0.3 is 0 Å². The first-order valence-electron chi connectivity index (χ1n) is 10.8. The van der Waals surface area contributed by atoms with Crippen LogP contribution in [0.25, 0.3) is 0 Å². The molecule has 1 heterocycles. The molecule has 6 rings (SSSR count). The topological polar surface area (TPSA) is 63.9 Å². The van der Waals surface area contributed by atoms with Crippen LogP contribution in [0.5, 0.6) is 0 Å². The summed E-state index contributed by atoms with van der Waals surface area (Å²) < 4.78 is 0. The Morgan fingerprint density at radius 2 is 1.96 bits per heavy atom. The van der Waals surface area contributed by atoms with Gasteiger partial charge in [-0.3, -0.25) is 4.90 Å². The van der Waals surface area contributed by atoms with Crippen LogP contribution in [-0.4, -0.2) is 57.7 Å². The molecule has 6 aliphatic rings. The van der Waals surface area contributed by atoms with Gasteiger partial charge in [0.25, 0.3) is 0 Å². The second kappa shape index (κ2) is 4.59. The van der Waals surface area contributed by atoms with Gasteiger partial charge in [-0.25, -0.2) is 0 Å². The predicted octanol–water partition coefficient (Wildman–Crippen LogP) is 1.79. The largest absolute Gasteiger partial charge is 0.392 e. The third-order valence-corrected chi connectivity index (χ3v) is 10.6. The van der Waals surface area contributed by atoms with Crippen molar-refractivity contribution in [1.82, 2.24) is 4.90 Å². The Hall–Kier alpha value is -0.420. The summed E-state index contributed by atoms with van der Waals surface area (Å²) in [6.45, 7) is 11.1. The molecule has 1 aliphatic heterocycles. The van der Waals surface area contributed by atoms with Crippen molar-refractivity contribution in [3.05, 3.63) is 12.2 Å². The second-order valence-electron chi connectivity index (χ2n) is 10.9. The highest BCUT2D eigenvalue weighted by Gasteiger charge is 2.85. The van der Waals surface area contributed by atoms with E-state index in [1.807, 2.05) is 0 Å². The van der Waals surface area contributed by atoms with Gasteiger partial charge < -0.3 is 15.3 Å². The van der Waals surface area contributed by atoms with E-state index in [4.69, 9.17) is 0 Å². The molecule has 2 spiro atoms. The van der Waals surface area contributed by atoms with Crippen molar-refractivity contribution in [3.63, 3.8) is 0 Å². The summed E-state index contributed by atoms with van der Waals surface area (Å²) in [6, 6.07) is 0.373. The number of nitrogens with zero attached hydrogens (tertiary/aromatic N) is 1. The maximum atomic E-state index is 11.5. The zero-order valence-electron chi connectivity index (χ0n) is 16.1. The van der Waals surface area contributed by atoms with Gasteiger partial charge in [-0.1, -0.05) is 20.4 Å². The zero-order valence-corrected chi connectivity index (χ0v) is 16.1. The van der Waals surface area contributed by atoms with Crippen LogP contribution in [0.1, 0.15) is 46.0 Å². The first-order chi connectivity index (χ1) is 12.3. The highest BCUT2D eigenvalue weighted by Crippen LogP contribution is 2.83. The quantitative estimate of drug-likeness (QED) is 0.625. The van der Waals surface area contributed by atoms with E-state index in [0.717, 1.165) is 50.8 Å². The van der Waals surface area contributed by atoms with E-state index >= 15 is 0 Å². The lowest BCUT2D eigenvalue weighted by atomic mass is 9.43. The molecule has 5 aliphatic carbocycles. The Morgan fingerprint density at radius 3 is 2.69 bits per heavy atom. The number of fused-ring (bicyclic) bond motifs is 1. The minimum atomic E-state index is -0.500. The molecular weight excluding hydrogens is 326 g/mol. The fourth-order valence-corrected chi connectivity index (χ4v) is 9.97. The van der Waals surface area contributed by atoms with Crippen LogP contribution in [-0.2, 0) is 0 Å². The molecule has 4 heteroatoms. The highest BCUT2D eigenvalue weighted by atomic mass is 16.3. The number of hydrogen-bond donors (Lipinski definition) is 3. The van der Waals surface area contributed by atoms with E-state index in [1.165, 1.54) is 0 Å². The summed E-state index contributed by atoms with van der Waals surface area (Å²) in [5.74, 6) is 1.26. The summed E-state index contributed by atoms with van der Waals surface area (Å²) in [7, 11) is 0. The predicted molar refractivity (Wildman–Crippen MR) is 98.2 cm³/mol. The molecule has 1 saturated heterocycles. The molecule has 0 radical (unpaired) electrons. The van der Waals surface area contributed by atoms with Crippen molar-refractivity contribution in [2.24, 2.45) is 39.9 Å². The lowest BCUT2D eigenvalue weighted by Gasteiger charge is -2.65. The average molecular weight is 360 g/mol. The maximum Gasteiger partial charge on any atom is 0.0813 e. The van der Waals surface area contributed by atoms with Crippen molar-refractivity contribution >= 4 is 0 Å². The van der Waals surface area contributed by atoms with Crippen molar-refractivity contribution in [3.8, 4) is 0 Å². The number of hydrogen-bond acceptors (Lipinski definition) is 4. The summed E-state index contributed by atoms with van der Waals surface area (Å²) in [4.78, 5) is 2.65. The number of rotatable bonds is 1. The second-order valence-corrected chi connectivity index (χ2v) is 10.9. The fourth-order valence-electron chi connectivity index (χ4n) is 9.97. The van der Waals surface area contributed by atoms with Crippen LogP contribution in [0.4, 0.5) is 0 Å². The van der Waals surface area contributed by atoms with Crippen molar-refractivity contribution in [1.29, 1.82) is 0 Å². The van der Waals surface area contributed by atoms with Gasteiger partial charge in [0.15, 0.2) is 0 Å². The van der Waals surface area contributed by atoms with E-state index in [9.17, 15) is 15.3 Å². The molecule has 5 saturated carbocycles. The van der Waals surface area contributed by atoms with Gasteiger partial charge in [0.1, 0.15) is 0 Å². The maximum absolute atomic E-state index is 11.5. The molecule has 144 valence electrons. The Kier molecular flexibility index (Phi) is 2.92. The van der Waals surface area contributed by atoms with E-state index in [0.29, 0.717) is 17.9 Å². The van der Waals surface area contributed by atoms with Crippen LogP contribution < -0.4 is 0 Å². The van der Waals surface area contributed by atoms with E-state index in [-0.39, 0.29) is 34.2 Å². The number of piperidine rings is 1. The first kappa shape index (κ1) is 16.5. The molecule has 26 heavy (non-hydrogen) atoms. The van der Waals surface area contributed by atoms with Gasteiger partial charge in [-0.05, 0) is 67.4 Å². The summed E-state index contributed by atoms with van der Waals surface area (Å²) >= 11 is 0. The van der Waals surface area contributed by atoms with Crippen molar-refractivity contribution in [2.75, 3.05) is 13.1 Å². The lowest BCUT2D eigenvalue weighted by molar-refractivity contribution is -0.218. The third-order valence-electron chi connectivity index (χ3n) is 10.6. The minimum absolute atomic E-state index is 0.0547. The van der Waals surface area contributed by atoms with Crippen LogP contribution in [0.15, 0.2) is 12.2 Å². The molecular formula is C22H33NO3. The van der Waals surface area contributed by atoms with E-state index in [1.54, 1.807) is 0 Å². The molecule has 0 aromatic rings. The van der Waals surface area contributed by atoms with Gasteiger partial charge in [0.05, 0.1) is 18.3 Å². The molecule has 3 N–H and O–H groups in total. The van der Waals surface area contributed by atoms with Crippen LogP contribution in [0, 0.1) is 39.9 Å². The molecule has 7 bridgehead atoms. The van der Waals surface area contributed by atoms with Crippen LogP contribution in [0.2, 0.25) is 0 Å². The van der Waals surface area contributed by atoms with Gasteiger partial charge in [-0.15, -0.1) is 0 Å². The Morgan fingerprint density at radius 1 is 1.19 bits per heavy atom. The number of aliphatic hydroxyl groups excluding tert-OH is 3. The SMILES string of the molecule is C=C1C2C[C@@]3(C4CC5C6(C3C[C@@H]2O)[C@H]4N(CC)C[C@]5(C)CC[C@@H]6O)[C@@H]1O. The van der Waals surface area contributed by atoms with E-state index in [2.05, 4.69) is 25.3 Å². The smallest absolute Gasteiger partial charge is 0.0813 e. The fraction of sp³-hybridized carbons (Fsp3) is 0.909. The third kappa shape index (κ3) is 1.37. The average Bonchev–Trinajstić information content (AvgIpc) is 3.14. The summed E-state index contributed by atoms with van der Waals surface area (Å²) in [6.07, 6.45) is 3.58. The van der Waals surface area contributed by atoms with Crippen molar-refractivity contribution < 1.29 is 15.3 Å².